The Kier molecular flexibility index (Phi) is 5.41. The highest BCUT2D eigenvalue weighted by Gasteiger charge is 2.28. The molecule has 1 fully saturated rings. The summed E-state index contributed by atoms with van der Waals surface area (Å²) in [5.74, 6) is -2.13. The van der Waals surface area contributed by atoms with Crippen molar-refractivity contribution in [3.8, 4) is 0 Å². The lowest BCUT2D eigenvalue weighted by molar-refractivity contribution is 0.0690. The van der Waals surface area contributed by atoms with Crippen molar-refractivity contribution in [3.05, 3.63) is 29.1 Å². The average Bonchev–Trinajstić information content (AvgIpc) is 2.47. The van der Waals surface area contributed by atoms with Crippen molar-refractivity contribution in [2.24, 2.45) is 5.92 Å². The van der Waals surface area contributed by atoms with Gasteiger partial charge in [-0.3, -0.25) is 0 Å². The van der Waals surface area contributed by atoms with E-state index in [4.69, 9.17) is 5.11 Å². The molecule has 0 aliphatic heterocycles. The first-order valence-electron chi connectivity index (χ1n) is 7.78. The van der Waals surface area contributed by atoms with Gasteiger partial charge in [0.25, 0.3) is 0 Å². The molecule has 23 heavy (non-hydrogen) atoms. The third-order valence-electron chi connectivity index (χ3n) is 4.57. The summed E-state index contributed by atoms with van der Waals surface area (Å²) in [4.78, 5) is 11.0. The molecule has 7 heteroatoms. The fourth-order valence-electron chi connectivity index (χ4n) is 3.25. The summed E-state index contributed by atoms with van der Waals surface area (Å²) < 4.78 is 41.4. The van der Waals surface area contributed by atoms with E-state index in [0.717, 1.165) is 37.8 Å². The van der Waals surface area contributed by atoms with Crippen LogP contribution in [-0.4, -0.2) is 25.5 Å². The van der Waals surface area contributed by atoms with Crippen LogP contribution in [-0.2, 0) is 10.0 Å². The average molecular weight is 343 g/mol. The predicted octanol–water partition coefficient (Wildman–Crippen LogP) is 3.08. The Morgan fingerprint density at radius 2 is 1.91 bits per heavy atom. The Morgan fingerprint density at radius 3 is 2.48 bits per heavy atom. The Balaban J connectivity index is 2.29. The van der Waals surface area contributed by atoms with Gasteiger partial charge in [-0.1, -0.05) is 19.3 Å². The van der Waals surface area contributed by atoms with E-state index < -0.39 is 27.4 Å². The molecule has 128 valence electrons. The van der Waals surface area contributed by atoms with Crippen molar-refractivity contribution < 1.29 is 22.7 Å². The second-order valence-electron chi connectivity index (χ2n) is 6.16. The molecular weight excluding hydrogens is 321 g/mol. The van der Waals surface area contributed by atoms with Crippen molar-refractivity contribution in [1.82, 2.24) is 4.72 Å². The molecule has 2 rings (SSSR count). The van der Waals surface area contributed by atoms with Crippen LogP contribution in [0.3, 0.4) is 0 Å². The Bertz CT molecular complexity index is 696. The van der Waals surface area contributed by atoms with Crippen LogP contribution in [0.5, 0.6) is 0 Å². The zero-order valence-corrected chi connectivity index (χ0v) is 14.1. The zero-order chi connectivity index (χ0) is 17.2. The molecular formula is C16H22FNO4S. The number of sulfonamides is 1. The first kappa shape index (κ1) is 17.9. The summed E-state index contributed by atoms with van der Waals surface area (Å²) in [5.41, 5.74) is -0.681. The molecule has 1 atom stereocenters. The van der Waals surface area contributed by atoms with Crippen molar-refractivity contribution in [3.63, 3.8) is 0 Å². The number of nitrogens with one attached hydrogen (secondary N) is 1. The zero-order valence-electron chi connectivity index (χ0n) is 13.3. The van der Waals surface area contributed by atoms with E-state index in [9.17, 15) is 17.6 Å². The van der Waals surface area contributed by atoms with Crippen LogP contribution in [0.25, 0.3) is 0 Å². The van der Waals surface area contributed by atoms with Crippen LogP contribution in [0.2, 0.25) is 0 Å². The third kappa shape index (κ3) is 3.90. The van der Waals surface area contributed by atoms with Crippen molar-refractivity contribution in [2.45, 2.75) is 56.9 Å². The van der Waals surface area contributed by atoms with Gasteiger partial charge in [0, 0.05) is 6.04 Å². The first-order chi connectivity index (χ1) is 10.7. The first-order valence-corrected chi connectivity index (χ1v) is 9.27. The summed E-state index contributed by atoms with van der Waals surface area (Å²) in [7, 11) is -3.89. The highest BCUT2D eigenvalue weighted by atomic mass is 32.2. The molecule has 0 radical (unpaired) electrons. The largest absolute Gasteiger partial charge is 0.478 e. The summed E-state index contributed by atoms with van der Waals surface area (Å²) in [5, 5.41) is 9.07. The van der Waals surface area contributed by atoms with Gasteiger partial charge >= 0.3 is 5.97 Å². The SMILES string of the molecule is Cc1c(S(=O)(=O)NC(C)C2CCCCC2)ccc(F)c1C(=O)O. The lowest BCUT2D eigenvalue weighted by Gasteiger charge is -2.28. The van der Waals surface area contributed by atoms with Gasteiger partial charge in [0.05, 0.1) is 10.5 Å². The van der Waals surface area contributed by atoms with E-state index >= 15 is 0 Å². The molecule has 1 aliphatic rings. The fourth-order valence-corrected chi connectivity index (χ4v) is 4.81. The topological polar surface area (TPSA) is 83.5 Å². The third-order valence-corrected chi connectivity index (χ3v) is 6.27. The Hall–Kier alpha value is -1.47. The number of rotatable bonds is 5. The van der Waals surface area contributed by atoms with Crippen molar-refractivity contribution in [2.75, 3.05) is 0 Å². The quantitative estimate of drug-likeness (QED) is 0.860. The van der Waals surface area contributed by atoms with Gasteiger partial charge in [0.1, 0.15) is 5.82 Å². The van der Waals surface area contributed by atoms with Gasteiger partial charge in [0.15, 0.2) is 0 Å². The van der Waals surface area contributed by atoms with Crippen LogP contribution in [0.1, 0.15) is 54.9 Å². The fraction of sp³-hybridized carbons (Fsp3) is 0.562. The number of carboxylic acids is 1. The second-order valence-corrected chi connectivity index (χ2v) is 7.84. The number of carboxylic acid groups (broad SMARTS) is 1. The molecule has 1 aromatic carbocycles. The molecule has 0 spiro atoms. The van der Waals surface area contributed by atoms with E-state index in [2.05, 4.69) is 4.72 Å². The molecule has 5 nitrogen and oxygen atoms in total. The van der Waals surface area contributed by atoms with Gasteiger partial charge in [-0.05, 0) is 50.3 Å². The smallest absolute Gasteiger partial charge is 0.339 e. The highest BCUT2D eigenvalue weighted by Crippen LogP contribution is 2.28. The molecule has 0 heterocycles. The molecule has 0 saturated heterocycles. The summed E-state index contributed by atoms with van der Waals surface area (Å²) in [6.45, 7) is 3.14. The lowest BCUT2D eigenvalue weighted by Crippen LogP contribution is -2.39. The molecule has 0 amide bonds. The number of carbonyl (C=O) groups is 1. The maximum absolute atomic E-state index is 13.6. The number of benzene rings is 1. The van der Waals surface area contributed by atoms with Crippen LogP contribution >= 0.6 is 0 Å². The maximum Gasteiger partial charge on any atom is 0.339 e. The normalized spacial score (nSPS) is 17.9. The number of halogens is 1. The van der Waals surface area contributed by atoms with Gasteiger partial charge in [-0.2, -0.15) is 0 Å². The Morgan fingerprint density at radius 1 is 1.30 bits per heavy atom. The molecule has 1 unspecified atom stereocenters. The van der Waals surface area contributed by atoms with Crippen LogP contribution in [0.15, 0.2) is 17.0 Å². The van der Waals surface area contributed by atoms with Crippen LogP contribution in [0.4, 0.5) is 4.39 Å². The van der Waals surface area contributed by atoms with Gasteiger partial charge in [-0.15, -0.1) is 0 Å². The maximum atomic E-state index is 13.6. The standard InChI is InChI=1S/C16H22FNO4S/c1-10-14(9-8-13(17)15(10)16(19)20)23(21,22)18-11(2)12-6-4-3-5-7-12/h8-9,11-12,18H,3-7H2,1-2H3,(H,19,20). The van der Waals surface area contributed by atoms with Gasteiger partial charge in [-0.25, -0.2) is 22.3 Å². The molecule has 1 aromatic rings. The van der Waals surface area contributed by atoms with E-state index in [1.807, 2.05) is 6.92 Å². The van der Waals surface area contributed by atoms with Crippen LogP contribution < -0.4 is 4.72 Å². The Labute approximate surface area is 136 Å². The molecule has 1 saturated carbocycles. The number of aromatic carboxylic acids is 1. The highest BCUT2D eigenvalue weighted by molar-refractivity contribution is 7.89. The number of hydrogen-bond acceptors (Lipinski definition) is 3. The molecule has 2 N–H and O–H groups in total. The van der Waals surface area contributed by atoms with Gasteiger partial charge < -0.3 is 5.11 Å². The summed E-state index contributed by atoms with van der Waals surface area (Å²) in [6, 6.07) is 1.77. The van der Waals surface area contributed by atoms with E-state index in [1.165, 1.54) is 13.3 Å². The predicted molar refractivity (Wildman–Crippen MR) is 84.5 cm³/mol. The molecule has 0 bridgehead atoms. The summed E-state index contributed by atoms with van der Waals surface area (Å²) in [6.07, 6.45) is 5.32. The van der Waals surface area contributed by atoms with Crippen molar-refractivity contribution >= 4 is 16.0 Å². The monoisotopic (exact) mass is 343 g/mol. The second kappa shape index (κ2) is 6.97. The molecule has 1 aliphatic carbocycles. The number of hydrogen-bond donors (Lipinski definition) is 2. The van der Waals surface area contributed by atoms with Gasteiger partial charge in [0.2, 0.25) is 10.0 Å². The van der Waals surface area contributed by atoms with E-state index in [-0.39, 0.29) is 22.4 Å². The molecule has 0 aromatic heterocycles. The summed E-state index contributed by atoms with van der Waals surface area (Å²) >= 11 is 0. The minimum atomic E-state index is -3.89. The van der Waals surface area contributed by atoms with Crippen molar-refractivity contribution in [1.29, 1.82) is 0 Å². The van der Waals surface area contributed by atoms with E-state index in [0.29, 0.717) is 0 Å². The van der Waals surface area contributed by atoms with Crippen LogP contribution in [0, 0.1) is 18.7 Å². The lowest BCUT2D eigenvalue weighted by atomic mass is 9.85. The minimum absolute atomic E-state index is 0.0826. The minimum Gasteiger partial charge on any atom is -0.478 e. The van der Waals surface area contributed by atoms with E-state index in [1.54, 1.807) is 0 Å².